The number of ether oxygens (including phenoxy) is 1. The normalized spacial score (nSPS) is 11.2. The number of esters is 1. The summed E-state index contributed by atoms with van der Waals surface area (Å²) in [6.45, 7) is 6.53. The summed E-state index contributed by atoms with van der Waals surface area (Å²) >= 11 is 0. The van der Waals surface area contributed by atoms with Gasteiger partial charge < -0.3 is 15.8 Å². The van der Waals surface area contributed by atoms with Gasteiger partial charge in [-0.25, -0.2) is 0 Å². The number of para-hydroxylation sites is 2. The van der Waals surface area contributed by atoms with Gasteiger partial charge in [-0.05, 0) is 45.7 Å². The quantitative estimate of drug-likeness (QED) is 0.454. The van der Waals surface area contributed by atoms with Crippen molar-refractivity contribution in [3.63, 3.8) is 0 Å². The molecule has 20 heavy (non-hydrogen) atoms. The molecule has 4 nitrogen and oxygen atoms in total. The lowest BCUT2D eigenvalue weighted by molar-refractivity contribution is -0.154. The Hall–Kier alpha value is -1.71. The van der Waals surface area contributed by atoms with Crippen LogP contribution in [0.4, 0.5) is 11.4 Å². The number of carbonyl (C=O) groups is 1. The second kappa shape index (κ2) is 7.78. The molecule has 0 amide bonds. The highest BCUT2D eigenvalue weighted by atomic mass is 16.6. The summed E-state index contributed by atoms with van der Waals surface area (Å²) in [6, 6.07) is 7.73. The van der Waals surface area contributed by atoms with E-state index in [1.807, 2.05) is 45.0 Å². The van der Waals surface area contributed by atoms with Crippen LogP contribution in [0, 0.1) is 0 Å². The van der Waals surface area contributed by atoms with Crippen molar-refractivity contribution < 1.29 is 9.53 Å². The van der Waals surface area contributed by atoms with Gasteiger partial charge in [0.1, 0.15) is 5.60 Å². The maximum absolute atomic E-state index is 11.5. The van der Waals surface area contributed by atoms with E-state index in [0.717, 1.165) is 37.2 Å². The standard InChI is InChI=1S/C16H26N2O2/c1-16(2,3)20-15(19)11-5-4-8-12-18-14-10-7-6-9-13(14)17/h6-7,9-10,18H,4-5,8,11-12,17H2,1-3H3. The summed E-state index contributed by atoms with van der Waals surface area (Å²) in [5, 5.41) is 3.30. The third-order valence-electron chi connectivity index (χ3n) is 2.75. The van der Waals surface area contributed by atoms with Crippen LogP contribution in [0.2, 0.25) is 0 Å². The van der Waals surface area contributed by atoms with E-state index >= 15 is 0 Å². The minimum absolute atomic E-state index is 0.113. The second-order valence-electron chi connectivity index (χ2n) is 5.91. The van der Waals surface area contributed by atoms with Gasteiger partial charge in [0, 0.05) is 13.0 Å². The van der Waals surface area contributed by atoms with Crippen molar-refractivity contribution in [2.45, 2.75) is 52.1 Å². The molecule has 0 saturated carbocycles. The number of nitrogens with one attached hydrogen (secondary N) is 1. The van der Waals surface area contributed by atoms with Crippen molar-refractivity contribution in [1.82, 2.24) is 0 Å². The third-order valence-corrected chi connectivity index (χ3v) is 2.75. The van der Waals surface area contributed by atoms with Crippen LogP contribution in [0.3, 0.4) is 0 Å². The fourth-order valence-electron chi connectivity index (χ4n) is 1.84. The van der Waals surface area contributed by atoms with Crippen LogP contribution in [-0.4, -0.2) is 18.1 Å². The maximum atomic E-state index is 11.5. The highest BCUT2D eigenvalue weighted by Crippen LogP contribution is 2.16. The molecule has 4 heteroatoms. The van der Waals surface area contributed by atoms with Gasteiger partial charge in [-0.15, -0.1) is 0 Å². The number of benzene rings is 1. The summed E-state index contributed by atoms with van der Waals surface area (Å²) in [5.41, 5.74) is 7.19. The van der Waals surface area contributed by atoms with Crippen LogP contribution in [0.25, 0.3) is 0 Å². The van der Waals surface area contributed by atoms with E-state index in [9.17, 15) is 4.79 Å². The molecule has 0 atom stereocenters. The average Bonchev–Trinajstić information content (AvgIpc) is 2.33. The molecule has 1 rings (SSSR count). The predicted octanol–water partition coefficient (Wildman–Crippen LogP) is 3.58. The number of anilines is 2. The van der Waals surface area contributed by atoms with Crippen LogP contribution in [0.15, 0.2) is 24.3 Å². The van der Waals surface area contributed by atoms with Gasteiger partial charge in [0.25, 0.3) is 0 Å². The lowest BCUT2D eigenvalue weighted by atomic mass is 10.1. The van der Waals surface area contributed by atoms with E-state index in [1.165, 1.54) is 0 Å². The lowest BCUT2D eigenvalue weighted by Crippen LogP contribution is -2.23. The number of rotatable bonds is 7. The number of hydrogen-bond acceptors (Lipinski definition) is 4. The van der Waals surface area contributed by atoms with Gasteiger partial charge in [0.15, 0.2) is 0 Å². The molecule has 0 aliphatic heterocycles. The Labute approximate surface area is 121 Å². The molecule has 0 spiro atoms. The molecule has 0 fully saturated rings. The molecule has 0 saturated heterocycles. The maximum Gasteiger partial charge on any atom is 0.306 e. The molecular weight excluding hydrogens is 252 g/mol. The highest BCUT2D eigenvalue weighted by molar-refractivity contribution is 5.69. The molecule has 0 bridgehead atoms. The molecule has 1 aromatic rings. The fourth-order valence-corrected chi connectivity index (χ4v) is 1.84. The molecule has 1 aromatic carbocycles. The largest absolute Gasteiger partial charge is 0.460 e. The Morgan fingerprint density at radius 2 is 1.90 bits per heavy atom. The van der Waals surface area contributed by atoms with Crippen molar-refractivity contribution >= 4 is 17.3 Å². The number of hydrogen-bond donors (Lipinski definition) is 2. The molecular formula is C16H26N2O2. The zero-order chi connectivity index (χ0) is 15.0. The molecule has 0 radical (unpaired) electrons. The first-order chi connectivity index (χ1) is 9.38. The van der Waals surface area contributed by atoms with Crippen LogP contribution in [0.1, 0.15) is 46.5 Å². The first-order valence-electron chi connectivity index (χ1n) is 7.19. The first-order valence-corrected chi connectivity index (χ1v) is 7.19. The van der Waals surface area contributed by atoms with Gasteiger partial charge in [-0.1, -0.05) is 18.6 Å². The zero-order valence-corrected chi connectivity index (χ0v) is 12.7. The van der Waals surface area contributed by atoms with Crippen LogP contribution in [-0.2, 0) is 9.53 Å². The number of carbonyl (C=O) groups excluding carboxylic acids is 1. The molecule has 0 aliphatic rings. The zero-order valence-electron chi connectivity index (χ0n) is 12.7. The van der Waals surface area contributed by atoms with Crippen molar-refractivity contribution in [3.05, 3.63) is 24.3 Å². The molecule has 0 aliphatic carbocycles. The Morgan fingerprint density at radius 1 is 1.20 bits per heavy atom. The fraction of sp³-hybridized carbons (Fsp3) is 0.562. The van der Waals surface area contributed by atoms with Crippen molar-refractivity contribution in [3.8, 4) is 0 Å². The minimum atomic E-state index is -0.385. The van der Waals surface area contributed by atoms with Crippen LogP contribution in [0.5, 0.6) is 0 Å². The Kier molecular flexibility index (Phi) is 6.36. The van der Waals surface area contributed by atoms with E-state index in [-0.39, 0.29) is 11.6 Å². The molecule has 0 aromatic heterocycles. The smallest absolute Gasteiger partial charge is 0.306 e. The van der Waals surface area contributed by atoms with Crippen LogP contribution < -0.4 is 11.1 Å². The summed E-state index contributed by atoms with van der Waals surface area (Å²) in [7, 11) is 0. The number of unbranched alkanes of at least 4 members (excludes halogenated alkanes) is 2. The summed E-state index contributed by atoms with van der Waals surface area (Å²) in [5.74, 6) is -0.113. The van der Waals surface area contributed by atoms with E-state index < -0.39 is 0 Å². The summed E-state index contributed by atoms with van der Waals surface area (Å²) < 4.78 is 5.26. The Bertz CT molecular complexity index is 425. The van der Waals surface area contributed by atoms with Gasteiger partial charge in [0.05, 0.1) is 11.4 Å². The molecule has 0 heterocycles. The lowest BCUT2D eigenvalue weighted by Gasteiger charge is -2.19. The SMILES string of the molecule is CC(C)(C)OC(=O)CCCCCNc1ccccc1N. The van der Waals surface area contributed by atoms with Gasteiger partial charge in [-0.3, -0.25) is 4.79 Å². The van der Waals surface area contributed by atoms with E-state index in [2.05, 4.69) is 5.32 Å². The van der Waals surface area contributed by atoms with Gasteiger partial charge in [0.2, 0.25) is 0 Å². The molecule has 112 valence electrons. The second-order valence-corrected chi connectivity index (χ2v) is 5.91. The molecule has 0 unspecified atom stereocenters. The van der Waals surface area contributed by atoms with E-state index in [1.54, 1.807) is 0 Å². The summed E-state index contributed by atoms with van der Waals surface area (Å²) in [6.07, 6.45) is 3.36. The highest BCUT2D eigenvalue weighted by Gasteiger charge is 2.15. The average molecular weight is 278 g/mol. The monoisotopic (exact) mass is 278 g/mol. The van der Waals surface area contributed by atoms with Gasteiger partial charge >= 0.3 is 5.97 Å². The third kappa shape index (κ3) is 7.02. The topological polar surface area (TPSA) is 64.3 Å². The van der Waals surface area contributed by atoms with E-state index in [4.69, 9.17) is 10.5 Å². The van der Waals surface area contributed by atoms with Crippen molar-refractivity contribution in [1.29, 1.82) is 0 Å². The summed E-state index contributed by atoms with van der Waals surface area (Å²) in [4.78, 5) is 11.5. The van der Waals surface area contributed by atoms with E-state index in [0.29, 0.717) is 6.42 Å². The van der Waals surface area contributed by atoms with Crippen molar-refractivity contribution in [2.75, 3.05) is 17.6 Å². The number of nitrogen functional groups attached to an aromatic ring is 1. The van der Waals surface area contributed by atoms with Gasteiger partial charge in [-0.2, -0.15) is 0 Å². The Morgan fingerprint density at radius 3 is 2.55 bits per heavy atom. The van der Waals surface area contributed by atoms with Crippen molar-refractivity contribution in [2.24, 2.45) is 0 Å². The first kappa shape index (κ1) is 16.3. The number of nitrogens with two attached hydrogens (primary N) is 1. The van der Waals surface area contributed by atoms with Crippen LogP contribution >= 0.6 is 0 Å². The molecule has 3 N–H and O–H groups in total. The Balaban J connectivity index is 2.08. The minimum Gasteiger partial charge on any atom is -0.460 e. The predicted molar refractivity (Wildman–Crippen MR) is 83.7 cm³/mol.